The third kappa shape index (κ3) is 22.4. The van der Waals surface area contributed by atoms with E-state index in [1.54, 1.807) is 42.3 Å². The van der Waals surface area contributed by atoms with Crippen LogP contribution in [0.15, 0.2) is 0 Å². The van der Waals surface area contributed by atoms with Crippen molar-refractivity contribution in [3.05, 3.63) is 0 Å². The summed E-state index contributed by atoms with van der Waals surface area (Å²) in [6.07, 6.45) is -18.4. The van der Waals surface area contributed by atoms with Crippen LogP contribution in [0, 0.1) is 0 Å². The number of carboxylic acid groups (broad SMARTS) is 6. The van der Waals surface area contributed by atoms with Gasteiger partial charge in [-0.3, -0.25) is 28.8 Å². The SMILES string of the molecule is CCC(OC(=O)C(OCC[N+](C)(C)C)OC(=O)CC(CC(=O)O)(OC(=O)CCC(=O)OC(CC(=O)O)(CC(=O)OC(OCC[N+](C)(C)C)C(=O)OC(CC)C(=O)O)C(=O)[O-])C(=O)[O-])C(=O)O. The fourth-order valence-electron chi connectivity index (χ4n) is 4.84. The van der Waals surface area contributed by atoms with Crippen LogP contribution in [0.1, 0.15) is 65.2 Å². The highest BCUT2D eigenvalue weighted by atomic mass is 16.7. The molecular formula is C38H56N2O26. The Labute approximate surface area is 376 Å². The molecule has 66 heavy (non-hydrogen) atoms. The highest BCUT2D eigenvalue weighted by Crippen LogP contribution is 2.26. The first-order valence-electron chi connectivity index (χ1n) is 19.6. The summed E-state index contributed by atoms with van der Waals surface area (Å²) in [5, 5.41) is 62.1. The molecular weight excluding hydrogens is 900 g/mol. The molecule has 0 aromatic carbocycles. The molecule has 0 aliphatic heterocycles. The van der Waals surface area contributed by atoms with E-state index in [2.05, 4.69) is 0 Å². The molecule has 6 atom stereocenters. The van der Waals surface area contributed by atoms with E-state index in [9.17, 15) is 88.2 Å². The molecule has 0 fully saturated rings. The second-order valence-electron chi connectivity index (χ2n) is 16.3. The third-order valence-corrected chi connectivity index (χ3v) is 8.36. The first kappa shape index (κ1) is 59.5. The molecule has 0 radical (unpaired) electrons. The number of esters is 6. The lowest BCUT2D eigenvalue weighted by atomic mass is 9.95. The first-order chi connectivity index (χ1) is 30.2. The number of nitrogens with zero attached hydrogens (tertiary/aromatic N) is 2. The van der Waals surface area contributed by atoms with E-state index in [4.69, 9.17) is 37.9 Å². The van der Waals surface area contributed by atoms with Gasteiger partial charge in [0, 0.05) is 0 Å². The Morgan fingerprint density at radius 1 is 0.485 bits per heavy atom. The second-order valence-corrected chi connectivity index (χ2v) is 16.3. The van der Waals surface area contributed by atoms with Gasteiger partial charge in [0.1, 0.15) is 26.3 Å². The molecule has 0 bridgehead atoms. The summed E-state index contributed by atoms with van der Waals surface area (Å²) >= 11 is 0. The molecule has 6 unspecified atom stereocenters. The number of carbonyl (C=O) groups is 12. The maximum Gasteiger partial charge on any atom is 0.377 e. The topological polar surface area (TPSA) is 406 Å². The molecule has 0 heterocycles. The Bertz CT molecular complexity index is 1670. The van der Waals surface area contributed by atoms with Crippen LogP contribution >= 0.6 is 0 Å². The minimum atomic E-state index is -3.47. The van der Waals surface area contributed by atoms with Crippen molar-refractivity contribution >= 4 is 71.6 Å². The van der Waals surface area contributed by atoms with Gasteiger partial charge in [0.15, 0.2) is 23.4 Å². The summed E-state index contributed by atoms with van der Waals surface area (Å²) in [5.74, 6) is -22.7. The normalized spacial score (nSPS) is 15.1. The van der Waals surface area contributed by atoms with Crippen LogP contribution in [0.2, 0.25) is 0 Å². The average molecular weight is 957 g/mol. The van der Waals surface area contributed by atoms with Gasteiger partial charge >= 0.3 is 72.3 Å². The quantitative estimate of drug-likeness (QED) is 0.0209. The summed E-state index contributed by atoms with van der Waals surface area (Å²) < 4.78 is 39.8. The Hall–Kier alpha value is -6.52. The van der Waals surface area contributed by atoms with Crippen molar-refractivity contribution in [2.45, 2.75) is 101 Å². The number of hydrogen-bond donors (Lipinski definition) is 4. The van der Waals surface area contributed by atoms with Crippen LogP contribution in [-0.4, -0.2) is 206 Å². The molecule has 0 amide bonds. The molecule has 0 saturated heterocycles. The maximum absolute atomic E-state index is 13.1. The van der Waals surface area contributed by atoms with Crippen molar-refractivity contribution in [2.75, 3.05) is 68.6 Å². The Morgan fingerprint density at radius 2 is 0.788 bits per heavy atom. The molecule has 0 rings (SSSR count). The van der Waals surface area contributed by atoms with Crippen molar-refractivity contribution in [2.24, 2.45) is 0 Å². The fourth-order valence-corrected chi connectivity index (χ4v) is 4.84. The molecule has 374 valence electrons. The van der Waals surface area contributed by atoms with Gasteiger partial charge in [-0.25, -0.2) is 19.2 Å². The standard InChI is InChI=1S/C38H56N2O26/c1-9-21(29(49)50)61-31(53)33(59-15-13-39(3,4)5)63-27(47)19-37(35(55)56,17-23(41)42)65-25(45)11-12-26(46)66-38(36(57)58,18-24(43)44)20-28(48)64-34(60-16-14-40(6,7)8)32(54)62-22(10-2)30(51)52/h21-22,33-34H,9-20H2,1-8H3,(H4-2,41,42,43,44,49,50,51,52,55,56,57,58). The average Bonchev–Trinajstić information content (AvgIpc) is 3.15. The van der Waals surface area contributed by atoms with Crippen molar-refractivity contribution in [1.29, 1.82) is 0 Å². The number of rotatable bonds is 33. The van der Waals surface area contributed by atoms with E-state index in [0.717, 1.165) is 0 Å². The van der Waals surface area contributed by atoms with Gasteiger partial charge in [0.2, 0.25) is 0 Å². The van der Waals surface area contributed by atoms with Crippen molar-refractivity contribution in [3.8, 4) is 0 Å². The Balaban J connectivity index is 6.43. The predicted molar refractivity (Wildman–Crippen MR) is 204 cm³/mol. The van der Waals surface area contributed by atoms with Crippen LogP contribution < -0.4 is 10.2 Å². The Kier molecular flexibility index (Phi) is 23.8. The zero-order valence-corrected chi connectivity index (χ0v) is 37.5. The van der Waals surface area contributed by atoms with Gasteiger partial charge in [-0.15, -0.1) is 0 Å². The van der Waals surface area contributed by atoms with Crippen molar-refractivity contribution in [1.82, 2.24) is 0 Å². The summed E-state index contributed by atoms with van der Waals surface area (Å²) in [5.41, 5.74) is -6.94. The molecule has 28 nitrogen and oxygen atoms in total. The summed E-state index contributed by atoms with van der Waals surface area (Å²) in [6.45, 7) is 2.22. The van der Waals surface area contributed by atoms with E-state index in [1.165, 1.54) is 13.8 Å². The van der Waals surface area contributed by atoms with Crippen molar-refractivity contribution < 1.29 is 135 Å². The van der Waals surface area contributed by atoms with Crippen LogP contribution in [0.25, 0.3) is 0 Å². The Morgan fingerprint density at radius 3 is 1.02 bits per heavy atom. The zero-order valence-electron chi connectivity index (χ0n) is 37.5. The second kappa shape index (κ2) is 26.4. The van der Waals surface area contributed by atoms with Crippen LogP contribution in [-0.2, 0) is 95.4 Å². The number of likely N-dealkylation sites (N-methyl/N-ethyl adjacent to an activating group) is 2. The molecule has 0 aliphatic rings. The fraction of sp³-hybridized carbons (Fsp3) is 0.684. The van der Waals surface area contributed by atoms with Gasteiger partial charge in [-0.05, 0) is 12.8 Å². The van der Waals surface area contributed by atoms with Gasteiger partial charge in [0.05, 0.1) is 92.7 Å². The van der Waals surface area contributed by atoms with E-state index in [-0.39, 0.29) is 48.1 Å². The largest absolute Gasteiger partial charge is 0.546 e. The minimum Gasteiger partial charge on any atom is -0.546 e. The van der Waals surface area contributed by atoms with E-state index in [0.29, 0.717) is 0 Å². The lowest BCUT2D eigenvalue weighted by Gasteiger charge is -2.33. The highest BCUT2D eigenvalue weighted by Gasteiger charge is 2.45. The van der Waals surface area contributed by atoms with Crippen LogP contribution in [0.4, 0.5) is 0 Å². The van der Waals surface area contributed by atoms with Crippen molar-refractivity contribution in [3.63, 3.8) is 0 Å². The summed E-state index contributed by atoms with van der Waals surface area (Å²) in [4.78, 5) is 149. The molecule has 28 heteroatoms. The van der Waals surface area contributed by atoms with Gasteiger partial charge in [0.25, 0.3) is 0 Å². The number of carbonyl (C=O) groups excluding carboxylic acids is 8. The van der Waals surface area contributed by atoms with Gasteiger partial charge < -0.3 is 87.1 Å². The molecule has 0 aliphatic carbocycles. The van der Waals surface area contributed by atoms with E-state index < -0.39 is 146 Å². The predicted octanol–water partition coefficient (Wildman–Crippen LogP) is -4.44. The maximum atomic E-state index is 13.1. The smallest absolute Gasteiger partial charge is 0.377 e. The number of aliphatic carboxylic acids is 6. The van der Waals surface area contributed by atoms with Crippen LogP contribution in [0.5, 0.6) is 0 Å². The third-order valence-electron chi connectivity index (χ3n) is 8.36. The summed E-state index contributed by atoms with van der Waals surface area (Å²) in [6, 6.07) is 0. The van der Waals surface area contributed by atoms with E-state index >= 15 is 0 Å². The van der Waals surface area contributed by atoms with E-state index in [1.807, 2.05) is 0 Å². The van der Waals surface area contributed by atoms with Gasteiger partial charge in [-0.2, -0.15) is 0 Å². The lowest BCUT2D eigenvalue weighted by molar-refractivity contribution is -0.870. The first-order valence-corrected chi connectivity index (χ1v) is 19.6. The zero-order chi connectivity index (χ0) is 51.4. The monoisotopic (exact) mass is 956 g/mol. The minimum absolute atomic E-state index is 0.142. The molecule has 0 aromatic rings. The lowest BCUT2D eigenvalue weighted by Crippen LogP contribution is -2.55. The molecule has 0 saturated carbocycles. The molecule has 4 N–H and O–H groups in total. The number of carboxylic acids is 6. The molecule has 0 aromatic heterocycles. The number of hydrogen-bond acceptors (Lipinski definition) is 22. The number of ether oxygens (including phenoxy) is 8. The highest BCUT2D eigenvalue weighted by molar-refractivity contribution is 5.93. The van der Waals surface area contributed by atoms with Gasteiger partial charge in [-0.1, -0.05) is 13.8 Å². The summed E-state index contributed by atoms with van der Waals surface area (Å²) in [7, 11) is 10.2. The molecule has 0 spiro atoms. The van der Waals surface area contributed by atoms with Crippen LogP contribution in [0.3, 0.4) is 0 Å². The number of quaternary nitrogens is 2.